The third-order valence-corrected chi connectivity index (χ3v) is 3.56. The molecule has 0 saturated carbocycles. The Morgan fingerprint density at radius 3 is 2.54 bits per heavy atom. The molecule has 2 rings (SSSR count). The number of benzene rings is 2. The van der Waals surface area contributed by atoms with E-state index >= 15 is 0 Å². The molecule has 2 N–H and O–H groups in total. The van der Waals surface area contributed by atoms with Crippen molar-refractivity contribution in [3.8, 4) is 5.75 Å². The molecular weight excluding hydrogens is 306 g/mol. The van der Waals surface area contributed by atoms with Crippen molar-refractivity contribution < 1.29 is 19.4 Å². The van der Waals surface area contributed by atoms with Gasteiger partial charge in [-0.25, -0.2) is 0 Å². The SMILES string of the molecule is CCOc1cccc(C(=O)NC(CCC(=O)O)c2ccccc2)c1. The first-order chi connectivity index (χ1) is 11.6. The Balaban J connectivity index is 2.14. The second kappa shape index (κ2) is 8.72. The largest absolute Gasteiger partial charge is 0.494 e. The highest BCUT2D eigenvalue weighted by molar-refractivity contribution is 5.94. The lowest BCUT2D eigenvalue weighted by Crippen LogP contribution is -2.29. The van der Waals surface area contributed by atoms with Crippen molar-refractivity contribution in [3.05, 3.63) is 65.7 Å². The van der Waals surface area contributed by atoms with Crippen LogP contribution in [-0.2, 0) is 4.79 Å². The quantitative estimate of drug-likeness (QED) is 0.779. The first-order valence-electron chi connectivity index (χ1n) is 7.90. The van der Waals surface area contributed by atoms with Crippen LogP contribution in [0.5, 0.6) is 5.75 Å². The molecule has 0 fully saturated rings. The number of ether oxygens (including phenoxy) is 1. The summed E-state index contributed by atoms with van der Waals surface area (Å²) in [5.41, 5.74) is 1.37. The lowest BCUT2D eigenvalue weighted by atomic mass is 10.0. The van der Waals surface area contributed by atoms with E-state index in [0.29, 0.717) is 24.3 Å². The molecule has 2 aromatic rings. The van der Waals surface area contributed by atoms with Crippen molar-refractivity contribution in [2.45, 2.75) is 25.8 Å². The van der Waals surface area contributed by atoms with E-state index in [-0.39, 0.29) is 18.4 Å². The minimum absolute atomic E-state index is 0.0151. The molecule has 1 unspecified atom stereocenters. The Morgan fingerprint density at radius 2 is 1.88 bits per heavy atom. The zero-order valence-corrected chi connectivity index (χ0v) is 13.6. The summed E-state index contributed by atoms with van der Waals surface area (Å²) in [5.74, 6) is -0.508. The average molecular weight is 327 g/mol. The van der Waals surface area contributed by atoms with Crippen LogP contribution in [0.15, 0.2) is 54.6 Å². The predicted molar refractivity (Wildman–Crippen MR) is 91.1 cm³/mol. The third kappa shape index (κ3) is 5.12. The highest BCUT2D eigenvalue weighted by atomic mass is 16.5. The number of amides is 1. The van der Waals surface area contributed by atoms with Gasteiger partial charge in [0.05, 0.1) is 12.6 Å². The molecular formula is C19H21NO4. The monoisotopic (exact) mass is 327 g/mol. The van der Waals surface area contributed by atoms with E-state index in [1.165, 1.54) is 0 Å². The zero-order valence-electron chi connectivity index (χ0n) is 13.6. The van der Waals surface area contributed by atoms with Crippen LogP contribution in [-0.4, -0.2) is 23.6 Å². The Kier molecular flexibility index (Phi) is 6.37. The molecule has 1 atom stereocenters. The summed E-state index contributed by atoms with van der Waals surface area (Å²) >= 11 is 0. The van der Waals surface area contributed by atoms with E-state index < -0.39 is 5.97 Å². The fourth-order valence-corrected chi connectivity index (χ4v) is 2.41. The number of carbonyl (C=O) groups excluding carboxylic acids is 1. The third-order valence-electron chi connectivity index (χ3n) is 3.56. The molecule has 0 spiro atoms. The van der Waals surface area contributed by atoms with E-state index in [1.54, 1.807) is 24.3 Å². The molecule has 0 radical (unpaired) electrons. The molecule has 0 aliphatic carbocycles. The van der Waals surface area contributed by atoms with Gasteiger partial charge in [-0.15, -0.1) is 0 Å². The molecule has 24 heavy (non-hydrogen) atoms. The van der Waals surface area contributed by atoms with Gasteiger partial charge in [0.2, 0.25) is 0 Å². The van der Waals surface area contributed by atoms with Gasteiger partial charge in [-0.3, -0.25) is 9.59 Å². The van der Waals surface area contributed by atoms with Gasteiger partial charge in [0.25, 0.3) is 5.91 Å². The summed E-state index contributed by atoms with van der Waals surface area (Å²) in [6.07, 6.45) is 0.315. The minimum Gasteiger partial charge on any atom is -0.494 e. The molecule has 0 saturated heterocycles. The van der Waals surface area contributed by atoms with Gasteiger partial charge in [0, 0.05) is 12.0 Å². The smallest absolute Gasteiger partial charge is 0.303 e. The second-order valence-corrected chi connectivity index (χ2v) is 5.33. The van der Waals surface area contributed by atoms with Crippen LogP contribution in [0.4, 0.5) is 0 Å². The summed E-state index contributed by atoms with van der Waals surface area (Å²) in [7, 11) is 0. The van der Waals surface area contributed by atoms with Crippen LogP contribution in [0.2, 0.25) is 0 Å². The van der Waals surface area contributed by atoms with Crippen molar-refractivity contribution >= 4 is 11.9 Å². The summed E-state index contributed by atoms with van der Waals surface area (Å²) in [6, 6.07) is 15.9. The number of nitrogens with one attached hydrogen (secondary N) is 1. The topological polar surface area (TPSA) is 75.6 Å². The maximum Gasteiger partial charge on any atom is 0.303 e. The average Bonchev–Trinajstić information content (AvgIpc) is 2.59. The Labute approximate surface area is 141 Å². The number of carboxylic acid groups (broad SMARTS) is 1. The highest BCUT2D eigenvalue weighted by Gasteiger charge is 2.17. The molecule has 0 heterocycles. The van der Waals surface area contributed by atoms with Crippen LogP contribution < -0.4 is 10.1 Å². The summed E-state index contributed by atoms with van der Waals surface area (Å²) in [5, 5.41) is 11.8. The predicted octanol–water partition coefficient (Wildman–Crippen LogP) is 3.42. The molecule has 1 amide bonds. The van der Waals surface area contributed by atoms with E-state index in [9.17, 15) is 9.59 Å². The second-order valence-electron chi connectivity index (χ2n) is 5.33. The van der Waals surface area contributed by atoms with Crippen molar-refractivity contribution in [1.29, 1.82) is 0 Å². The summed E-state index contributed by atoms with van der Waals surface area (Å²) in [4.78, 5) is 23.4. The molecule has 5 heteroatoms. The molecule has 2 aromatic carbocycles. The first kappa shape index (κ1) is 17.5. The summed E-state index contributed by atoms with van der Waals surface area (Å²) in [6.45, 7) is 2.40. The Morgan fingerprint density at radius 1 is 1.12 bits per heavy atom. The van der Waals surface area contributed by atoms with Crippen molar-refractivity contribution in [2.24, 2.45) is 0 Å². The summed E-state index contributed by atoms with van der Waals surface area (Å²) < 4.78 is 5.41. The van der Waals surface area contributed by atoms with Crippen LogP contribution in [0.3, 0.4) is 0 Å². The lowest BCUT2D eigenvalue weighted by molar-refractivity contribution is -0.137. The molecule has 5 nitrogen and oxygen atoms in total. The van der Waals surface area contributed by atoms with Gasteiger partial charge in [0.15, 0.2) is 0 Å². The number of hydrogen-bond donors (Lipinski definition) is 2. The molecule has 0 bridgehead atoms. The fourth-order valence-electron chi connectivity index (χ4n) is 2.41. The highest BCUT2D eigenvalue weighted by Crippen LogP contribution is 2.20. The van der Waals surface area contributed by atoms with Crippen molar-refractivity contribution in [2.75, 3.05) is 6.61 Å². The van der Waals surface area contributed by atoms with E-state index in [4.69, 9.17) is 9.84 Å². The maximum atomic E-state index is 12.5. The van der Waals surface area contributed by atoms with Gasteiger partial charge >= 0.3 is 5.97 Å². The van der Waals surface area contributed by atoms with E-state index in [2.05, 4.69) is 5.32 Å². The zero-order chi connectivity index (χ0) is 17.4. The standard InChI is InChI=1S/C19H21NO4/c1-2-24-16-10-6-9-15(13-16)19(23)20-17(11-12-18(21)22)14-7-4-3-5-8-14/h3-10,13,17H,2,11-12H2,1H3,(H,20,23)(H,21,22). The van der Waals surface area contributed by atoms with Crippen LogP contribution in [0, 0.1) is 0 Å². The minimum atomic E-state index is -0.886. The molecule has 0 aliphatic rings. The van der Waals surface area contributed by atoms with E-state index in [0.717, 1.165) is 5.56 Å². The number of hydrogen-bond acceptors (Lipinski definition) is 3. The molecule has 0 aromatic heterocycles. The van der Waals surface area contributed by atoms with Gasteiger partial charge in [0.1, 0.15) is 5.75 Å². The first-order valence-corrected chi connectivity index (χ1v) is 7.90. The lowest BCUT2D eigenvalue weighted by Gasteiger charge is -2.19. The molecule has 126 valence electrons. The van der Waals surface area contributed by atoms with Crippen LogP contribution in [0.25, 0.3) is 0 Å². The van der Waals surface area contributed by atoms with Crippen molar-refractivity contribution in [1.82, 2.24) is 5.32 Å². The van der Waals surface area contributed by atoms with Crippen LogP contribution >= 0.6 is 0 Å². The fraction of sp³-hybridized carbons (Fsp3) is 0.263. The number of rotatable bonds is 8. The van der Waals surface area contributed by atoms with Crippen LogP contribution in [0.1, 0.15) is 41.7 Å². The normalized spacial score (nSPS) is 11.5. The van der Waals surface area contributed by atoms with Gasteiger partial charge in [-0.1, -0.05) is 36.4 Å². The maximum absolute atomic E-state index is 12.5. The Hall–Kier alpha value is -2.82. The van der Waals surface area contributed by atoms with E-state index in [1.807, 2.05) is 37.3 Å². The van der Waals surface area contributed by atoms with Gasteiger partial charge < -0.3 is 15.2 Å². The number of carboxylic acids is 1. The number of aliphatic carboxylic acids is 1. The van der Waals surface area contributed by atoms with Crippen molar-refractivity contribution in [3.63, 3.8) is 0 Å². The van der Waals surface area contributed by atoms with Gasteiger partial charge in [-0.2, -0.15) is 0 Å². The Bertz CT molecular complexity index is 685. The number of carbonyl (C=O) groups is 2. The molecule has 0 aliphatic heterocycles. The van der Waals surface area contributed by atoms with Gasteiger partial charge in [-0.05, 0) is 37.1 Å².